The number of nitrogens with one attached hydrogen (secondary N) is 1. The maximum absolute atomic E-state index is 12.8. The van der Waals surface area contributed by atoms with Gasteiger partial charge < -0.3 is 20.1 Å². The predicted octanol–water partition coefficient (Wildman–Crippen LogP) is 2.52. The van der Waals surface area contributed by atoms with Gasteiger partial charge in [0.2, 0.25) is 5.91 Å². The van der Waals surface area contributed by atoms with Gasteiger partial charge in [0.05, 0.1) is 12.0 Å². The molecule has 2 saturated heterocycles. The third-order valence-corrected chi connectivity index (χ3v) is 5.37. The smallest absolute Gasteiger partial charge is 0.326 e. The molecule has 0 bridgehead atoms. The molecule has 1 aromatic carbocycles. The number of benzene rings is 1. The topological polar surface area (TPSA) is 95.9 Å². The van der Waals surface area contributed by atoms with Gasteiger partial charge in [-0.05, 0) is 57.2 Å². The highest BCUT2D eigenvalue weighted by molar-refractivity contribution is 5.99. The number of carboxylic acid groups (broad SMARTS) is 1. The van der Waals surface area contributed by atoms with E-state index in [1.807, 2.05) is 6.92 Å². The van der Waals surface area contributed by atoms with Crippen molar-refractivity contribution in [2.45, 2.75) is 51.2 Å². The fraction of sp³-hybridized carbons (Fsp3) is 0.550. The largest absolute Gasteiger partial charge is 0.480 e. The van der Waals surface area contributed by atoms with Crippen LogP contribution in [-0.4, -0.2) is 53.1 Å². The Kier molecular flexibility index (Phi) is 6.11. The van der Waals surface area contributed by atoms with Gasteiger partial charge in [-0.2, -0.15) is 0 Å². The van der Waals surface area contributed by atoms with Crippen LogP contribution >= 0.6 is 0 Å². The third kappa shape index (κ3) is 4.47. The Labute approximate surface area is 158 Å². The number of ether oxygens (including phenoxy) is 1. The number of rotatable bonds is 4. The highest BCUT2D eigenvalue weighted by atomic mass is 16.5. The van der Waals surface area contributed by atoms with E-state index in [9.17, 15) is 19.5 Å². The van der Waals surface area contributed by atoms with E-state index in [-0.39, 0.29) is 23.8 Å². The number of anilines is 1. The lowest BCUT2D eigenvalue weighted by molar-refractivity contribution is -0.143. The van der Waals surface area contributed by atoms with Crippen molar-refractivity contribution in [3.05, 3.63) is 29.8 Å². The van der Waals surface area contributed by atoms with Crippen LogP contribution in [0, 0.1) is 5.92 Å². The van der Waals surface area contributed by atoms with Crippen LogP contribution in [0.3, 0.4) is 0 Å². The number of piperidine rings is 1. The molecule has 2 aliphatic rings. The lowest BCUT2D eigenvalue weighted by Crippen LogP contribution is -2.48. The van der Waals surface area contributed by atoms with Gasteiger partial charge in [0.1, 0.15) is 6.04 Å². The van der Waals surface area contributed by atoms with Crippen LogP contribution in [0.15, 0.2) is 24.3 Å². The first-order chi connectivity index (χ1) is 13.0. The SMILES string of the molecule is CC1OCCCC1C(=O)Nc1cccc(C(=O)N2CCCCC2C(=O)O)c1. The molecule has 0 saturated carbocycles. The summed E-state index contributed by atoms with van der Waals surface area (Å²) in [6, 6.07) is 5.90. The number of nitrogens with zero attached hydrogens (tertiary/aromatic N) is 1. The molecule has 2 heterocycles. The molecule has 2 amide bonds. The highest BCUT2D eigenvalue weighted by Crippen LogP contribution is 2.24. The molecule has 3 unspecified atom stereocenters. The fourth-order valence-corrected chi connectivity index (χ4v) is 3.83. The number of aliphatic carboxylic acids is 1. The Morgan fingerprint density at radius 3 is 2.74 bits per heavy atom. The van der Waals surface area contributed by atoms with E-state index in [0.717, 1.165) is 25.7 Å². The Morgan fingerprint density at radius 1 is 1.19 bits per heavy atom. The second-order valence-electron chi connectivity index (χ2n) is 7.24. The maximum atomic E-state index is 12.8. The standard InChI is InChI=1S/C20H26N2O5/c1-13-16(8-5-11-27-13)18(23)21-15-7-4-6-14(12-15)19(24)22-10-3-2-9-17(22)20(25)26/h4,6-7,12-13,16-17H,2-3,5,8-11H2,1H3,(H,21,23)(H,25,26). The Bertz CT molecular complexity index is 720. The van der Waals surface area contributed by atoms with Crippen molar-refractivity contribution in [1.82, 2.24) is 4.90 Å². The number of amides is 2. The van der Waals surface area contributed by atoms with Gasteiger partial charge in [0.15, 0.2) is 0 Å². The summed E-state index contributed by atoms with van der Waals surface area (Å²) in [5.74, 6) is -1.61. The number of hydrogen-bond donors (Lipinski definition) is 2. The van der Waals surface area contributed by atoms with Crippen LogP contribution in [-0.2, 0) is 14.3 Å². The molecule has 2 fully saturated rings. The average Bonchev–Trinajstić information content (AvgIpc) is 2.68. The van der Waals surface area contributed by atoms with E-state index < -0.39 is 12.0 Å². The molecular formula is C20H26N2O5. The quantitative estimate of drug-likeness (QED) is 0.844. The van der Waals surface area contributed by atoms with E-state index >= 15 is 0 Å². The molecule has 0 aliphatic carbocycles. The highest BCUT2D eigenvalue weighted by Gasteiger charge is 2.33. The van der Waals surface area contributed by atoms with Crippen molar-refractivity contribution in [2.75, 3.05) is 18.5 Å². The molecule has 2 aliphatic heterocycles. The molecule has 27 heavy (non-hydrogen) atoms. The molecule has 7 heteroatoms. The number of carbonyl (C=O) groups excluding carboxylic acids is 2. The molecule has 1 aromatic rings. The van der Waals surface area contributed by atoms with Gasteiger partial charge >= 0.3 is 5.97 Å². The molecule has 2 N–H and O–H groups in total. The summed E-state index contributed by atoms with van der Waals surface area (Å²) in [5.41, 5.74) is 0.918. The van der Waals surface area contributed by atoms with Crippen molar-refractivity contribution < 1.29 is 24.2 Å². The summed E-state index contributed by atoms with van der Waals surface area (Å²) in [4.78, 5) is 38.3. The van der Waals surface area contributed by atoms with E-state index in [0.29, 0.717) is 30.8 Å². The van der Waals surface area contributed by atoms with Crippen molar-refractivity contribution in [2.24, 2.45) is 5.92 Å². The van der Waals surface area contributed by atoms with E-state index in [4.69, 9.17) is 4.74 Å². The number of carboxylic acids is 1. The maximum Gasteiger partial charge on any atom is 0.326 e. The molecule has 0 aromatic heterocycles. The molecule has 3 atom stereocenters. The molecule has 146 valence electrons. The van der Waals surface area contributed by atoms with Crippen molar-refractivity contribution in [1.29, 1.82) is 0 Å². The van der Waals surface area contributed by atoms with Crippen molar-refractivity contribution in [3.63, 3.8) is 0 Å². The summed E-state index contributed by atoms with van der Waals surface area (Å²) < 4.78 is 5.55. The zero-order valence-electron chi connectivity index (χ0n) is 15.5. The lowest BCUT2D eigenvalue weighted by atomic mass is 9.94. The number of likely N-dealkylation sites (tertiary alicyclic amines) is 1. The van der Waals surface area contributed by atoms with Crippen LogP contribution in [0.5, 0.6) is 0 Å². The minimum absolute atomic E-state index is 0.117. The van der Waals surface area contributed by atoms with Gasteiger partial charge in [-0.1, -0.05) is 6.07 Å². The minimum atomic E-state index is -0.973. The summed E-state index contributed by atoms with van der Waals surface area (Å²) >= 11 is 0. The van der Waals surface area contributed by atoms with Crippen LogP contribution in [0.1, 0.15) is 49.4 Å². The summed E-state index contributed by atoms with van der Waals surface area (Å²) in [6.45, 7) is 3.00. The third-order valence-electron chi connectivity index (χ3n) is 5.37. The molecule has 0 spiro atoms. The van der Waals surface area contributed by atoms with Gasteiger partial charge in [0.25, 0.3) is 5.91 Å². The van der Waals surface area contributed by atoms with Gasteiger partial charge in [-0.3, -0.25) is 9.59 Å². The number of carbonyl (C=O) groups is 3. The van der Waals surface area contributed by atoms with Gasteiger partial charge in [-0.15, -0.1) is 0 Å². The Hall–Kier alpha value is -2.41. The Morgan fingerprint density at radius 2 is 2.00 bits per heavy atom. The van der Waals surface area contributed by atoms with Gasteiger partial charge in [0, 0.05) is 24.4 Å². The predicted molar refractivity (Wildman–Crippen MR) is 99.5 cm³/mol. The normalized spacial score (nSPS) is 25.7. The van der Waals surface area contributed by atoms with Crippen molar-refractivity contribution >= 4 is 23.5 Å². The minimum Gasteiger partial charge on any atom is -0.480 e. The lowest BCUT2D eigenvalue weighted by Gasteiger charge is -2.33. The second-order valence-corrected chi connectivity index (χ2v) is 7.24. The molecule has 7 nitrogen and oxygen atoms in total. The zero-order chi connectivity index (χ0) is 19.4. The second kappa shape index (κ2) is 8.52. The number of hydrogen-bond acceptors (Lipinski definition) is 4. The van der Waals surface area contributed by atoms with Gasteiger partial charge in [-0.25, -0.2) is 4.79 Å². The first-order valence-corrected chi connectivity index (χ1v) is 9.53. The summed E-state index contributed by atoms with van der Waals surface area (Å²) in [7, 11) is 0. The van der Waals surface area contributed by atoms with Crippen LogP contribution < -0.4 is 5.32 Å². The van der Waals surface area contributed by atoms with E-state index in [1.165, 1.54) is 4.90 Å². The van der Waals surface area contributed by atoms with Crippen LogP contribution in [0.2, 0.25) is 0 Å². The van der Waals surface area contributed by atoms with E-state index in [2.05, 4.69) is 5.32 Å². The zero-order valence-corrected chi connectivity index (χ0v) is 15.5. The molecule has 3 rings (SSSR count). The molecular weight excluding hydrogens is 348 g/mol. The average molecular weight is 374 g/mol. The van der Waals surface area contributed by atoms with Crippen molar-refractivity contribution in [3.8, 4) is 0 Å². The first kappa shape index (κ1) is 19.4. The summed E-state index contributed by atoms with van der Waals surface area (Å²) in [5, 5.41) is 12.3. The molecule has 0 radical (unpaired) electrons. The first-order valence-electron chi connectivity index (χ1n) is 9.53. The fourth-order valence-electron chi connectivity index (χ4n) is 3.83. The van der Waals surface area contributed by atoms with Crippen LogP contribution in [0.25, 0.3) is 0 Å². The van der Waals surface area contributed by atoms with Crippen LogP contribution in [0.4, 0.5) is 5.69 Å². The summed E-state index contributed by atoms with van der Waals surface area (Å²) in [6.07, 6.45) is 3.57. The van der Waals surface area contributed by atoms with E-state index in [1.54, 1.807) is 24.3 Å². The monoisotopic (exact) mass is 374 g/mol. The Balaban J connectivity index is 1.72.